The largest absolute Gasteiger partial charge is 0.250 e. The molecule has 0 aliphatic rings. The van der Waals surface area contributed by atoms with Crippen LogP contribution in [0.25, 0.3) is 11.5 Å². The van der Waals surface area contributed by atoms with Crippen LogP contribution in [0.2, 0.25) is 0 Å². The van der Waals surface area contributed by atoms with Gasteiger partial charge in [0.15, 0.2) is 5.82 Å². The van der Waals surface area contributed by atoms with E-state index in [0.29, 0.717) is 11.5 Å². The molecule has 0 aliphatic heterocycles. The summed E-state index contributed by atoms with van der Waals surface area (Å²) < 4.78 is 12.6. The number of hydrogen-bond acceptors (Lipinski definition) is 3. The van der Waals surface area contributed by atoms with Crippen molar-refractivity contribution in [1.82, 2.24) is 15.0 Å². The fourth-order valence-corrected chi connectivity index (χ4v) is 1.16. The molecule has 0 unspecified atom stereocenters. The molecule has 76 valence electrons. The first-order valence-corrected chi connectivity index (χ1v) is 4.59. The third-order valence-electron chi connectivity index (χ3n) is 2.18. The molecule has 2 rings (SSSR count). The molecule has 0 spiro atoms. The van der Waals surface area contributed by atoms with Gasteiger partial charge in [0.2, 0.25) is 0 Å². The van der Waals surface area contributed by atoms with Crippen molar-refractivity contribution in [3.05, 3.63) is 41.6 Å². The van der Waals surface area contributed by atoms with E-state index in [-0.39, 0.29) is 5.82 Å². The number of pyridine rings is 1. The molecule has 0 aliphatic carbocycles. The highest BCUT2D eigenvalue weighted by molar-refractivity contribution is 5.48. The van der Waals surface area contributed by atoms with Crippen molar-refractivity contribution in [3.63, 3.8) is 0 Å². The smallest absolute Gasteiger partial charge is 0.178 e. The molecule has 0 bridgehead atoms. The summed E-state index contributed by atoms with van der Waals surface area (Å²) in [6.07, 6.45) is 2.90. The molecule has 0 atom stereocenters. The van der Waals surface area contributed by atoms with Crippen LogP contribution in [0.4, 0.5) is 4.39 Å². The SMILES string of the molecule is Cc1cnc(-c2ccc(F)cn2)nc1C. The molecule has 0 amide bonds. The van der Waals surface area contributed by atoms with Gasteiger partial charge < -0.3 is 0 Å². The van der Waals surface area contributed by atoms with Crippen molar-refractivity contribution in [2.75, 3.05) is 0 Å². The molecule has 3 nitrogen and oxygen atoms in total. The zero-order valence-electron chi connectivity index (χ0n) is 8.53. The summed E-state index contributed by atoms with van der Waals surface area (Å²) in [4.78, 5) is 12.3. The molecule has 4 heteroatoms. The molecule has 0 fully saturated rings. The van der Waals surface area contributed by atoms with Crippen LogP contribution in [-0.2, 0) is 0 Å². The number of hydrogen-bond donors (Lipinski definition) is 0. The minimum absolute atomic E-state index is 0.359. The van der Waals surface area contributed by atoms with Gasteiger partial charge in [-0.15, -0.1) is 0 Å². The van der Waals surface area contributed by atoms with Gasteiger partial charge in [0.1, 0.15) is 11.5 Å². The van der Waals surface area contributed by atoms with E-state index >= 15 is 0 Å². The first-order valence-electron chi connectivity index (χ1n) is 4.59. The molecular formula is C11H10FN3. The predicted octanol–water partition coefficient (Wildman–Crippen LogP) is 2.29. The molecule has 2 heterocycles. The fraction of sp³-hybridized carbons (Fsp3) is 0.182. The molecule has 0 N–H and O–H groups in total. The van der Waals surface area contributed by atoms with E-state index in [1.807, 2.05) is 13.8 Å². The fourth-order valence-electron chi connectivity index (χ4n) is 1.16. The van der Waals surface area contributed by atoms with Gasteiger partial charge in [-0.25, -0.2) is 19.3 Å². The van der Waals surface area contributed by atoms with E-state index in [9.17, 15) is 4.39 Å². The third kappa shape index (κ3) is 1.98. The Kier molecular flexibility index (Phi) is 2.41. The van der Waals surface area contributed by atoms with Gasteiger partial charge in [0.25, 0.3) is 0 Å². The average molecular weight is 203 g/mol. The molecule has 15 heavy (non-hydrogen) atoms. The van der Waals surface area contributed by atoms with Crippen LogP contribution in [-0.4, -0.2) is 15.0 Å². The van der Waals surface area contributed by atoms with Crippen LogP contribution in [0.5, 0.6) is 0 Å². The van der Waals surface area contributed by atoms with E-state index in [1.54, 1.807) is 12.3 Å². The van der Waals surface area contributed by atoms with E-state index in [2.05, 4.69) is 15.0 Å². The second-order valence-electron chi connectivity index (χ2n) is 3.32. The van der Waals surface area contributed by atoms with Crippen molar-refractivity contribution >= 4 is 0 Å². The van der Waals surface area contributed by atoms with Crippen LogP contribution in [0.3, 0.4) is 0 Å². The van der Waals surface area contributed by atoms with E-state index in [4.69, 9.17) is 0 Å². The van der Waals surface area contributed by atoms with Gasteiger partial charge in [-0.05, 0) is 31.5 Å². The first-order chi connectivity index (χ1) is 7.16. The van der Waals surface area contributed by atoms with E-state index in [0.717, 1.165) is 17.5 Å². The maximum absolute atomic E-state index is 12.6. The Hall–Kier alpha value is -1.84. The quantitative estimate of drug-likeness (QED) is 0.713. The van der Waals surface area contributed by atoms with Crippen molar-refractivity contribution < 1.29 is 4.39 Å². The lowest BCUT2D eigenvalue weighted by Gasteiger charge is -2.02. The summed E-state index contributed by atoms with van der Waals surface area (Å²) in [5, 5.41) is 0. The minimum Gasteiger partial charge on any atom is -0.250 e. The Balaban J connectivity index is 2.45. The summed E-state index contributed by atoms with van der Waals surface area (Å²) in [6, 6.07) is 2.92. The average Bonchev–Trinajstić information content (AvgIpc) is 2.23. The van der Waals surface area contributed by atoms with E-state index in [1.165, 1.54) is 6.07 Å². The van der Waals surface area contributed by atoms with Crippen LogP contribution in [0.15, 0.2) is 24.5 Å². The number of aromatic nitrogens is 3. The summed E-state index contributed by atoms with van der Waals surface area (Å²) in [5.41, 5.74) is 2.52. The summed E-state index contributed by atoms with van der Waals surface area (Å²) in [5.74, 6) is 0.167. The van der Waals surface area contributed by atoms with Gasteiger partial charge >= 0.3 is 0 Å². The molecule has 2 aromatic heterocycles. The zero-order valence-corrected chi connectivity index (χ0v) is 8.53. The number of aryl methyl sites for hydroxylation is 2. The van der Waals surface area contributed by atoms with Gasteiger partial charge in [-0.3, -0.25) is 0 Å². The van der Waals surface area contributed by atoms with Gasteiger partial charge in [-0.1, -0.05) is 0 Å². The number of rotatable bonds is 1. The van der Waals surface area contributed by atoms with Crippen LogP contribution in [0.1, 0.15) is 11.3 Å². The zero-order chi connectivity index (χ0) is 10.8. The third-order valence-corrected chi connectivity index (χ3v) is 2.18. The van der Waals surface area contributed by atoms with Crippen molar-refractivity contribution in [2.24, 2.45) is 0 Å². The lowest BCUT2D eigenvalue weighted by atomic mass is 10.2. The first kappa shape index (κ1) is 9.71. The Morgan fingerprint density at radius 1 is 1.07 bits per heavy atom. The summed E-state index contributed by atoms with van der Waals surface area (Å²) in [6.45, 7) is 3.85. The monoisotopic (exact) mass is 203 g/mol. The molecule has 0 saturated carbocycles. The molecule has 0 aromatic carbocycles. The Bertz CT molecular complexity index is 480. The molecule has 0 radical (unpaired) electrons. The highest BCUT2D eigenvalue weighted by Gasteiger charge is 2.04. The number of halogens is 1. The lowest BCUT2D eigenvalue weighted by Crippen LogP contribution is -1.96. The topological polar surface area (TPSA) is 38.7 Å². The molecule has 2 aromatic rings. The lowest BCUT2D eigenvalue weighted by molar-refractivity contribution is 0.621. The van der Waals surface area contributed by atoms with Crippen molar-refractivity contribution in [2.45, 2.75) is 13.8 Å². The maximum Gasteiger partial charge on any atom is 0.178 e. The minimum atomic E-state index is -0.359. The summed E-state index contributed by atoms with van der Waals surface area (Å²) >= 11 is 0. The van der Waals surface area contributed by atoms with Gasteiger partial charge in [-0.2, -0.15) is 0 Å². The van der Waals surface area contributed by atoms with E-state index < -0.39 is 0 Å². The highest BCUT2D eigenvalue weighted by atomic mass is 19.1. The van der Waals surface area contributed by atoms with Crippen molar-refractivity contribution in [3.8, 4) is 11.5 Å². The molecule has 0 saturated heterocycles. The van der Waals surface area contributed by atoms with Crippen molar-refractivity contribution in [1.29, 1.82) is 0 Å². The highest BCUT2D eigenvalue weighted by Crippen LogP contribution is 2.13. The van der Waals surface area contributed by atoms with Gasteiger partial charge in [0, 0.05) is 11.9 Å². The van der Waals surface area contributed by atoms with Crippen LogP contribution in [0, 0.1) is 19.7 Å². The second kappa shape index (κ2) is 3.73. The normalized spacial score (nSPS) is 10.3. The van der Waals surface area contributed by atoms with Crippen LogP contribution < -0.4 is 0 Å². The number of nitrogens with zero attached hydrogens (tertiary/aromatic N) is 3. The van der Waals surface area contributed by atoms with Gasteiger partial charge in [0.05, 0.1) is 6.20 Å². The standard InChI is InChI=1S/C11H10FN3/c1-7-5-14-11(15-8(7)2)10-4-3-9(12)6-13-10/h3-6H,1-2H3. The maximum atomic E-state index is 12.6. The second-order valence-corrected chi connectivity index (χ2v) is 3.32. The summed E-state index contributed by atoms with van der Waals surface area (Å²) in [7, 11) is 0. The Morgan fingerprint density at radius 2 is 1.87 bits per heavy atom. The van der Waals surface area contributed by atoms with Crippen LogP contribution >= 0.6 is 0 Å². The predicted molar refractivity (Wildman–Crippen MR) is 54.7 cm³/mol. The Labute approximate surface area is 87.0 Å². The Morgan fingerprint density at radius 3 is 2.47 bits per heavy atom. The molecular weight excluding hydrogens is 193 g/mol.